The molecule has 6 nitrogen and oxygen atoms in total. The van der Waals surface area contributed by atoms with E-state index in [2.05, 4.69) is 35.8 Å². The number of amides is 1. The molecule has 0 fully saturated rings. The van der Waals surface area contributed by atoms with E-state index in [0.29, 0.717) is 22.5 Å². The fourth-order valence-electron chi connectivity index (χ4n) is 3.56. The molecule has 178 valence electrons. The molecule has 0 aliphatic rings. The van der Waals surface area contributed by atoms with Gasteiger partial charge in [-0.2, -0.15) is 0 Å². The average Bonchev–Trinajstić information content (AvgIpc) is 2.85. The van der Waals surface area contributed by atoms with Gasteiger partial charge in [-0.05, 0) is 59.5 Å². The predicted molar refractivity (Wildman–Crippen MR) is 140 cm³/mol. The van der Waals surface area contributed by atoms with Gasteiger partial charge in [0.1, 0.15) is 0 Å². The van der Waals surface area contributed by atoms with Gasteiger partial charge in [-0.25, -0.2) is 8.42 Å². The minimum atomic E-state index is -3.77. The quantitative estimate of drug-likeness (QED) is 0.345. The molecule has 2 N–H and O–H groups in total. The van der Waals surface area contributed by atoms with Gasteiger partial charge in [0.2, 0.25) is 0 Å². The Labute approximate surface area is 206 Å². The van der Waals surface area contributed by atoms with Crippen LogP contribution in [0.15, 0.2) is 102 Å². The van der Waals surface area contributed by atoms with Crippen LogP contribution in [0.5, 0.6) is 0 Å². The lowest BCUT2D eigenvalue weighted by Gasteiger charge is -2.19. The topological polar surface area (TPSA) is 88.2 Å². The van der Waals surface area contributed by atoms with Gasteiger partial charge in [0, 0.05) is 23.0 Å². The molecule has 0 unspecified atom stereocenters. The maximum Gasteiger partial charge on any atom is 0.261 e. The molecule has 4 rings (SSSR count). The Morgan fingerprint density at radius 1 is 0.800 bits per heavy atom. The third-order valence-corrected chi connectivity index (χ3v) is 6.92. The Hall–Kier alpha value is -3.97. The standard InChI is InChI=1S/C28H27N3O3S/c1-28(2,3)22-15-17-23(18-16-22)30-27(32)21-13-11-20(12-14-21)26-25(10-7-19-29-26)31-35(33,34)24-8-5-4-6-9-24/h4-19,31H,1-3H3,(H,30,32). The van der Waals surface area contributed by atoms with Gasteiger partial charge in [-0.1, -0.05) is 63.2 Å². The molecule has 0 bridgehead atoms. The Morgan fingerprint density at radius 3 is 2.09 bits per heavy atom. The van der Waals surface area contributed by atoms with Gasteiger partial charge in [0.25, 0.3) is 15.9 Å². The van der Waals surface area contributed by atoms with E-state index in [-0.39, 0.29) is 16.2 Å². The van der Waals surface area contributed by atoms with Crippen molar-refractivity contribution in [3.05, 3.63) is 108 Å². The van der Waals surface area contributed by atoms with E-state index in [1.807, 2.05) is 24.3 Å². The fourth-order valence-corrected chi connectivity index (χ4v) is 4.64. The Kier molecular flexibility index (Phi) is 6.71. The molecule has 0 radical (unpaired) electrons. The maximum absolute atomic E-state index is 12.8. The van der Waals surface area contributed by atoms with Crippen molar-refractivity contribution < 1.29 is 13.2 Å². The smallest absolute Gasteiger partial charge is 0.261 e. The van der Waals surface area contributed by atoms with Crippen molar-refractivity contribution in [3.63, 3.8) is 0 Å². The zero-order chi connectivity index (χ0) is 25.1. The highest BCUT2D eigenvalue weighted by Crippen LogP contribution is 2.28. The van der Waals surface area contributed by atoms with Crippen LogP contribution in [-0.4, -0.2) is 19.3 Å². The third kappa shape index (κ3) is 5.75. The lowest BCUT2D eigenvalue weighted by molar-refractivity contribution is 0.102. The average molecular weight is 486 g/mol. The Morgan fingerprint density at radius 2 is 1.46 bits per heavy atom. The minimum absolute atomic E-state index is 0.0397. The Bertz CT molecular complexity index is 1430. The molecule has 4 aromatic rings. The van der Waals surface area contributed by atoms with E-state index < -0.39 is 10.0 Å². The van der Waals surface area contributed by atoms with Crippen molar-refractivity contribution >= 4 is 27.3 Å². The number of carbonyl (C=O) groups excluding carboxylic acids is 1. The molecule has 7 heteroatoms. The highest BCUT2D eigenvalue weighted by molar-refractivity contribution is 7.92. The zero-order valence-electron chi connectivity index (χ0n) is 19.8. The van der Waals surface area contributed by atoms with Crippen molar-refractivity contribution in [2.24, 2.45) is 0 Å². The minimum Gasteiger partial charge on any atom is -0.322 e. The molecular weight excluding hydrogens is 458 g/mol. The first kappa shape index (κ1) is 24.2. The first-order chi connectivity index (χ1) is 16.6. The van der Waals surface area contributed by atoms with Crippen molar-refractivity contribution in [1.82, 2.24) is 4.98 Å². The number of nitrogens with one attached hydrogen (secondary N) is 2. The predicted octanol–water partition coefficient (Wildman–Crippen LogP) is 6.10. The zero-order valence-corrected chi connectivity index (χ0v) is 20.6. The number of anilines is 2. The summed E-state index contributed by atoms with van der Waals surface area (Å²) in [4.78, 5) is 17.3. The molecule has 1 aromatic heterocycles. The van der Waals surface area contributed by atoms with Crippen LogP contribution >= 0.6 is 0 Å². The summed E-state index contributed by atoms with van der Waals surface area (Å²) in [7, 11) is -3.77. The number of benzene rings is 3. The molecule has 0 saturated carbocycles. The number of sulfonamides is 1. The van der Waals surface area contributed by atoms with Crippen LogP contribution in [0.2, 0.25) is 0 Å². The van der Waals surface area contributed by atoms with Gasteiger partial charge in [0.15, 0.2) is 0 Å². The second-order valence-corrected chi connectivity index (χ2v) is 10.9. The number of pyridine rings is 1. The van der Waals surface area contributed by atoms with Crippen molar-refractivity contribution in [2.45, 2.75) is 31.1 Å². The fraction of sp³-hybridized carbons (Fsp3) is 0.143. The molecule has 3 aromatic carbocycles. The number of hydrogen-bond donors (Lipinski definition) is 2. The van der Waals surface area contributed by atoms with Crippen molar-refractivity contribution in [1.29, 1.82) is 0 Å². The summed E-state index contributed by atoms with van der Waals surface area (Å²) in [5.74, 6) is -0.230. The lowest BCUT2D eigenvalue weighted by atomic mass is 9.87. The van der Waals surface area contributed by atoms with Gasteiger partial charge >= 0.3 is 0 Å². The van der Waals surface area contributed by atoms with Gasteiger partial charge in [-0.15, -0.1) is 0 Å². The molecular formula is C28H27N3O3S. The normalized spacial score (nSPS) is 11.6. The first-order valence-electron chi connectivity index (χ1n) is 11.2. The molecule has 1 heterocycles. The number of hydrogen-bond acceptors (Lipinski definition) is 4. The summed E-state index contributed by atoms with van der Waals surface area (Å²) in [6, 6.07) is 26.2. The molecule has 35 heavy (non-hydrogen) atoms. The largest absolute Gasteiger partial charge is 0.322 e. The second kappa shape index (κ2) is 9.72. The molecule has 0 spiro atoms. The summed E-state index contributed by atoms with van der Waals surface area (Å²) in [6.45, 7) is 6.42. The first-order valence-corrected chi connectivity index (χ1v) is 12.7. The lowest BCUT2D eigenvalue weighted by Crippen LogP contribution is -2.14. The second-order valence-electron chi connectivity index (χ2n) is 9.18. The van der Waals surface area contributed by atoms with Crippen LogP contribution in [0.3, 0.4) is 0 Å². The summed E-state index contributed by atoms with van der Waals surface area (Å²) in [6.07, 6.45) is 1.59. The van der Waals surface area contributed by atoms with E-state index in [1.165, 1.54) is 17.7 Å². The summed E-state index contributed by atoms with van der Waals surface area (Å²) in [5.41, 5.74) is 3.93. The van der Waals surface area contributed by atoms with Gasteiger partial charge in [0.05, 0.1) is 16.3 Å². The SMILES string of the molecule is CC(C)(C)c1ccc(NC(=O)c2ccc(-c3ncccc3NS(=O)(=O)c3ccccc3)cc2)cc1. The van der Waals surface area contributed by atoms with E-state index >= 15 is 0 Å². The number of nitrogens with zero attached hydrogens (tertiary/aromatic N) is 1. The van der Waals surface area contributed by atoms with Crippen LogP contribution in [0.1, 0.15) is 36.7 Å². The number of rotatable bonds is 6. The molecule has 0 aliphatic carbocycles. The molecule has 0 atom stereocenters. The molecule has 0 aliphatic heterocycles. The number of aromatic nitrogens is 1. The van der Waals surface area contributed by atoms with Crippen LogP contribution < -0.4 is 10.0 Å². The van der Waals surface area contributed by atoms with Crippen LogP contribution in [0.25, 0.3) is 11.3 Å². The van der Waals surface area contributed by atoms with Crippen LogP contribution in [0, 0.1) is 0 Å². The van der Waals surface area contributed by atoms with Crippen molar-refractivity contribution in [2.75, 3.05) is 10.0 Å². The highest BCUT2D eigenvalue weighted by atomic mass is 32.2. The summed E-state index contributed by atoms with van der Waals surface area (Å²) >= 11 is 0. The molecule has 0 saturated heterocycles. The van der Waals surface area contributed by atoms with Crippen LogP contribution in [-0.2, 0) is 15.4 Å². The Balaban J connectivity index is 1.52. The number of carbonyl (C=O) groups is 1. The third-order valence-electron chi connectivity index (χ3n) is 5.53. The van der Waals surface area contributed by atoms with Gasteiger partial charge in [-0.3, -0.25) is 14.5 Å². The summed E-state index contributed by atoms with van der Waals surface area (Å²) in [5, 5.41) is 2.91. The highest BCUT2D eigenvalue weighted by Gasteiger charge is 2.17. The van der Waals surface area contributed by atoms with E-state index in [4.69, 9.17) is 0 Å². The van der Waals surface area contributed by atoms with E-state index in [0.717, 1.165) is 5.69 Å². The van der Waals surface area contributed by atoms with Crippen LogP contribution in [0.4, 0.5) is 11.4 Å². The summed E-state index contributed by atoms with van der Waals surface area (Å²) < 4.78 is 28.2. The monoisotopic (exact) mass is 485 g/mol. The van der Waals surface area contributed by atoms with Gasteiger partial charge < -0.3 is 5.32 Å². The van der Waals surface area contributed by atoms with E-state index in [1.54, 1.807) is 60.8 Å². The maximum atomic E-state index is 12.8. The van der Waals surface area contributed by atoms with Crippen molar-refractivity contribution in [3.8, 4) is 11.3 Å². The van der Waals surface area contributed by atoms with E-state index in [9.17, 15) is 13.2 Å². The molecule has 1 amide bonds.